The third-order valence-electron chi connectivity index (χ3n) is 4.54. The number of carbonyl (C=O) groups is 1. The van der Waals surface area contributed by atoms with Crippen LogP contribution in [-0.4, -0.2) is 10.9 Å². The summed E-state index contributed by atoms with van der Waals surface area (Å²) in [6.45, 7) is 0. The first kappa shape index (κ1) is 16.3. The molecule has 130 valence electrons. The van der Waals surface area contributed by atoms with Crippen molar-refractivity contribution >= 4 is 11.6 Å². The molecule has 4 nitrogen and oxygen atoms in total. The fourth-order valence-corrected chi connectivity index (χ4v) is 2.92. The van der Waals surface area contributed by atoms with Crippen LogP contribution in [0.3, 0.4) is 0 Å². The van der Waals surface area contributed by atoms with Gasteiger partial charge in [-0.25, -0.2) is 9.37 Å². The smallest absolute Gasteiger partial charge is 0.235 e. The predicted octanol–water partition coefficient (Wildman–Crippen LogP) is 4.68. The molecule has 5 heteroatoms. The Bertz CT molecular complexity index is 905. The lowest BCUT2D eigenvalue weighted by Crippen LogP contribution is -2.27. The Morgan fingerprint density at radius 3 is 2.35 bits per heavy atom. The van der Waals surface area contributed by atoms with E-state index in [0.29, 0.717) is 17.3 Å². The van der Waals surface area contributed by atoms with E-state index in [1.54, 1.807) is 30.5 Å². The van der Waals surface area contributed by atoms with E-state index in [1.165, 1.54) is 12.1 Å². The molecular weight excluding hydrogens is 331 g/mol. The number of rotatable bonds is 5. The number of aromatic nitrogens is 1. The van der Waals surface area contributed by atoms with E-state index in [9.17, 15) is 9.18 Å². The van der Waals surface area contributed by atoms with Crippen LogP contribution < -0.4 is 10.1 Å². The van der Waals surface area contributed by atoms with E-state index in [1.807, 2.05) is 30.3 Å². The lowest BCUT2D eigenvalue weighted by Gasteiger charge is -2.16. The minimum atomic E-state index is -0.563. The van der Waals surface area contributed by atoms with Crippen LogP contribution in [0.1, 0.15) is 18.4 Å². The summed E-state index contributed by atoms with van der Waals surface area (Å²) >= 11 is 0. The Labute approximate surface area is 150 Å². The molecule has 1 saturated carbocycles. The molecule has 0 atom stereocenters. The summed E-state index contributed by atoms with van der Waals surface area (Å²) in [5.41, 5.74) is 0.879. The SMILES string of the molecule is O=C(Nc1ccc(Oc2ccccc2)nc1)C1(c2ccc(F)cc2)CC1. The maximum absolute atomic E-state index is 13.1. The zero-order valence-corrected chi connectivity index (χ0v) is 14.0. The number of carbonyl (C=O) groups excluding carboxylic acids is 1. The molecule has 0 aliphatic heterocycles. The number of ether oxygens (including phenoxy) is 1. The van der Waals surface area contributed by atoms with Gasteiger partial charge in [0.25, 0.3) is 0 Å². The van der Waals surface area contributed by atoms with Crippen LogP contribution in [0.2, 0.25) is 0 Å². The molecule has 1 N–H and O–H groups in total. The van der Waals surface area contributed by atoms with Crippen molar-refractivity contribution in [2.24, 2.45) is 0 Å². The fourth-order valence-electron chi connectivity index (χ4n) is 2.92. The number of nitrogens with zero attached hydrogens (tertiary/aromatic N) is 1. The minimum Gasteiger partial charge on any atom is -0.439 e. The van der Waals surface area contributed by atoms with Crippen LogP contribution in [0, 0.1) is 5.82 Å². The van der Waals surface area contributed by atoms with Gasteiger partial charge in [0.1, 0.15) is 11.6 Å². The van der Waals surface area contributed by atoms with E-state index >= 15 is 0 Å². The molecule has 0 spiro atoms. The van der Waals surface area contributed by atoms with Gasteiger partial charge in [0, 0.05) is 6.07 Å². The van der Waals surface area contributed by atoms with Crippen molar-refractivity contribution < 1.29 is 13.9 Å². The second-order valence-electron chi connectivity index (χ2n) is 6.34. The molecule has 0 saturated heterocycles. The Morgan fingerprint density at radius 2 is 1.73 bits per heavy atom. The number of nitrogens with one attached hydrogen (secondary N) is 1. The van der Waals surface area contributed by atoms with Gasteiger partial charge in [0.05, 0.1) is 17.3 Å². The highest BCUT2D eigenvalue weighted by Crippen LogP contribution is 2.49. The van der Waals surface area contributed by atoms with Crippen molar-refractivity contribution in [3.63, 3.8) is 0 Å². The molecule has 26 heavy (non-hydrogen) atoms. The molecule has 1 aliphatic carbocycles. The van der Waals surface area contributed by atoms with Crippen LogP contribution in [0.15, 0.2) is 72.9 Å². The number of para-hydroxylation sites is 1. The second-order valence-corrected chi connectivity index (χ2v) is 6.34. The van der Waals surface area contributed by atoms with Crippen LogP contribution in [0.4, 0.5) is 10.1 Å². The predicted molar refractivity (Wildman–Crippen MR) is 96.7 cm³/mol. The second kappa shape index (κ2) is 6.59. The molecular formula is C21H17FN2O2. The first-order chi connectivity index (χ1) is 12.7. The summed E-state index contributed by atoms with van der Waals surface area (Å²) in [5, 5.41) is 2.90. The lowest BCUT2D eigenvalue weighted by molar-refractivity contribution is -0.118. The average molecular weight is 348 g/mol. The van der Waals surface area contributed by atoms with Crippen molar-refractivity contribution in [2.75, 3.05) is 5.32 Å². The Morgan fingerprint density at radius 1 is 1.00 bits per heavy atom. The summed E-state index contributed by atoms with van der Waals surface area (Å²) in [6, 6.07) is 19.0. The molecule has 1 amide bonds. The first-order valence-corrected chi connectivity index (χ1v) is 8.42. The Hall–Kier alpha value is -3.21. The molecule has 1 heterocycles. The number of hydrogen-bond donors (Lipinski definition) is 1. The number of anilines is 1. The Balaban J connectivity index is 1.44. The maximum atomic E-state index is 13.1. The number of pyridine rings is 1. The highest BCUT2D eigenvalue weighted by atomic mass is 19.1. The van der Waals surface area contributed by atoms with Gasteiger partial charge in [-0.1, -0.05) is 30.3 Å². The van der Waals surface area contributed by atoms with E-state index in [-0.39, 0.29) is 11.7 Å². The van der Waals surface area contributed by atoms with Crippen LogP contribution >= 0.6 is 0 Å². The minimum absolute atomic E-state index is 0.0948. The summed E-state index contributed by atoms with van der Waals surface area (Å²) in [5.74, 6) is 0.754. The first-order valence-electron chi connectivity index (χ1n) is 8.42. The highest BCUT2D eigenvalue weighted by Gasteiger charge is 2.51. The van der Waals surface area contributed by atoms with Gasteiger partial charge < -0.3 is 10.1 Å². The fraction of sp³-hybridized carbons (Fsp3) is 0.143. The van der Waals surface area contributed by atoms with Gasteiger partial charge in [0.2, 0.25) is 11.8 Å². The quantitative estimate of drug-likeness (QED) is 0.728. The van der Waals surface area contributed by atoms with Crippen molar-refractivity contribution in [2.45, 2.75) is 18.3 Å². The molecule has 4 rings (SSSR count). The van der Waals surface area contributed by atoms with Gasteiger partial charge in [-0.2, -0.15) is 0 Å². The third kappa shape index (κ3) is 3.28. The average Bonchev–Trinajstić information content (AvgIpc) is 3.47. The number of hydrogen-bond acceptors (Lipinski definition) is 3. The van der Waals surface area contributed by atoms with E-state index in [4.69, 9.17) is 4.74 Å². The maximum Gasteiger partial charge on any atom is 0.235 e. The number of amides is 1. The third-order valence-corrected chi connectivity index (χ3v) is 4.54. The molecule has 3 aromatic rings. The monoisotopic (exact) mass is 348 g/mol. The van der Waals surface area contributed by atoms with Crippen molar-refractivity contribution in [3.05, 3.63) is 84.3 Å². The zero-order chi connectivity index (χ0) is 18.0. The van der Waals surface area contributed by atoms with Gasteiger partial charge in [-0.05, 0) is 48.7 Å². The van der Waals surface area contributed by atoms with Gasteiger partial charge in [-0.15, -0.1) is 0 Å². The highest BCUT2D eigenvalue weighted by molar-refractivity contribution is 6.01. The summed E-state index contributed by atoms with van der Waals surface area (Å²) in [4.78, 5) is 16.9. The van der Waals surface area contributed by atoms with Gasteiger partial charge in [-0.3, -0.25) is 4.79 Å². The van der Waals surface area contributed by atoms with E-state index in [2.05, 4.69) is 10.3 Å². The van der Waals surface area contributed by atoms with Crippen molar-refractivity contribution in [3.8, 4) is 11.6 Å². The van der Waals surface area contributed by atoms with Crippen molar-refractivity contribution in [1.82, 2.24) is 4.98 Å². The molecule has 0 bridgehead atoms. The topological polar surface area (TPSA) is 51.2 Å². The van der Waals surface area contributed by atoms with Gasteiger partial charge in [0.15, 0.2) is 0 Å². The normalized spacial score (nSPS) is 14.5. The zero-order valence-electron chi connectivity index (χ0n) is 14.0. The molecule has 0 unspecified atom stereocenters. The van der Waals surface area contributed by atoms with Crippen molar-refractivity contribution in [1.29, 1.82) is 0 Å². The summed E-state index contributed by atoms with van der Waals surface area (Å²) < 4.78 is 18.8. The van der Waals surface area contributed by atoms with Gasteiger partial charge >= 0.3 is 0 Å². The molecule has 1 fully saturated rings. The van der Waals surface area contributed by atoms with E-state index < -0.39 is 5.41 Å². The largest absolute Gasteiger partial charge is 0.439 e. The van der Waals surface area contributed by atoms with E-state index in [0.717, 1.165) is 18.4 Å². The standard InChI is InChI=1S/C21H17FN2O2/c22-16-8-6-15(7-9-16)21(12-13-21)20(25)24-17-10-11-19(23-14-17)26-18-4-2-1-3-5-18/h1-11,14H,12-13H2,(H,24,25). The summed E-state index contributed by atoms with van der Waals surface area (Å²) in [7, 11) is 0. The number of halogens is 1. The molecule has 1 aliphatic rings. The van der Waals surface area contributed by atoms with Crippen LogP contribution in [0.5, 0.6) is 11.6 Å². The Kier molecular flexibility index (Phi) is 4.13. The number of benzene rings is 2. The molecule has 1 aromatic heterocycles. The van der Waals surface area contributed by atoms with Crippen LogP contribution in [-0.2, 0) is 10.2 Å². The summed E-state index contributed by atoms with van der Waals surface area (Å²) in [6.07, 6.45) is 3.08. The molecule has 2 aromatic carbocycles. The van der Waals surface area contributed by atoms with Crippen LogP contribution in [0.25, 0.3) is 0 Å². The lowest BCUT2D eigenvalue weighted by atomic mass is 9.95. The molecule has 0 radical (unpaired) electrons.